The molecule has 7 heteroatoms. The number of aliphatic hydroxyl groups is 2. The summed E-state index contributed by atoms with van der Waals surface area (Å²) < 4.78 is 41.1. The highest BCUT2D eigenvalue weighted by Gasteiger charge is 2.34. The molecule has 1 aromatic carbocycles. The van der Waals surface area contributed by atoms with Gasteiger partial charge < -0.3 is 20.7 Å². The van der Waals surface area contributed by atoms with Gasteiger partial charge in [0.2, 0.25) is 0 Å². The topological polar surface area (TPSA) is 75.7 Å². The normalized spacial score (nSPS) is 18.1. The number of ether oxygens (including phenoxy) is 1. The van der Waals surface area contributed by atoms with E-state index >= 15 is 0 Å². The Labute approximate surface area is 119 Å². The second kappa shape index (κ2) is 5.95. The Morgan fingerprint density at radius 1 is 1.33 bits per heavy atom. The van der Waals surface area contributed by atoms with Crippen LogP contribution in [0.5, 0.6) is 5.75 Å². The van der Waals surface area contributed by atoms with Crippen LogP contribution in [0.15, 0.2) is 35.6 Å². The van der Waals surface area contributed by atoms with Crippen molar-refractivity contribution in [1.29, 1.82) is 0 Å². The largest absolute Gasteiger partial charge is 0.573 e. The molecule has 1 aliphatic rings. The number of alkyl halides is 3. The summed E-state index contributed by atoms with van der Waals surface area (Å²) in [6.07, 6.45) is -3.27. The highest BCUT2D eigenvalue weighted by Crippen LogP contribution is 2.40. The van der Waals surface area contributed by atoms with Crippen LogP contribution in [0.2, 0.25) is 0 Å². The molecule has 21 heavy (non-hydrogen) atoms. The molecule has 0 bridgehead atoms. The van der Waals surface area contributed by atoms with Gasteiger partial charge in [-0.25, -0.2) is 0 Å². The Morgan fingerprint density at radius 2 is 1.95 bits per heavy atom. The fraction of sp³-hybridized carbons (Fsp3) is 0.429. The van der Waals surface area contributed by atoms with E-state index in [1.807, 2.05) is 0 Å². The Balaban J connectivity index is 2.34. The maximum absolute atomic E-state index is 12.4. The second-order valence-corrected chi connectivity index (χ2v) is 4.91. The molecule has 0 heterocycles. The van der Waals surface area contributed by atoms with Gasteiger partial charge in [0.15, 0.2) is 0 Å². The molecule has 4 nitrogen and oxygen atoms in total. The monoisotopic (exact) mass is 303 g/mol. The molecule has 1 fully saturated rings. The van der Waals surface area contributed by atoms with E-state index in [4.69, 9.17) is 5.73 Å². The van der Waals surface area contributed by atoms with E-state index < -0.39 is 24.8 Å². The summed E-state index contributed by atoms with van der Waals surface area (Å²) in [7, 11) is 0. The minimum absolute atomic E-state index is 0.0354. The lowest BCUT2D eigenvalue weighted by Gasteiger charge is -2.20. The van der Waals surface area contributed by atoms with Crippen LogP contribution in [0.1, 0.15) is 24.4 Å². The lowest BCUT2D eigenvalue weighted by atomic mass is 9.97. The number of aliphatic hydroxyl groups excluding tert-OH is 2. The number of nitrogens with two attached hydrogens (primary N) is 1. The fourth-order valence-corrected chi connectivity index (χ4v) is 2.10. The summed E-state index contributed by atoms with van der Waals surface area (Å²) in [5.41, 5.74) is 6.09. The van der Waals surface area contributed by atoms with Gasteiger partial charge in [-0.05, 0) is 18.9 Å². The van der Waals surface area contributed by atoms with Gasteiger partial charge in [0.1, 0.15) is 5.75 Å². The van der Waals surface area contributed by atoms with Crippen LogP contribution in [0.25, 0.3) is 0 Å². The average molecular weight is 303 g/mol. The summed E-state index contributed by atoms with van der Waals surface area (Å²) in [6, 6.07) is 4.37. The van der Waals surface area contributed by atoms with E-state index in [9.17, 15) is 23.4 Å². The number of hydrogen-bond acceptors (Lipinski definition) is 4. The van der Waals surface area contributed by atoms with Gasteiger partial charge in [0.05, 0.1) is 18.4 Å². The van der Waals surface area contributed by atoms with Crippen molar-refractivity contribution in [3.05, 3.63) is 41.2 Å². The van der Waals surface area contributed by atoms with Crippen molar-refractivity contribution >= 4 is 0 Å². The Kier molecular flexibility index (Phi) is 4.43. The maximum Gasteiger partial charge on any atom is 0.573 e. The minimum Gasteiger partial charge on any atom is -0.512 e. The summed E-state index contributed by atoms with van der Waals surface area (Å²) in [5.74, 6) is -0.534. The third-order valence-electron chi connectivity index (χ3n) is 3.32. The van der Waals surface area contributed by atoms with E-state index in [1.165, 1.54) is 18.2 Å². The molecular weight excluding hydrogens is 287 g/mol. The quantitative estimate of drug-likeness (QED) is 0.731. The van der Waals surface area contributed by atoms with Crippen LogP contribution in [-0.2, 0) is 0 Å². The standard InChI is InChI=1S/C14H16F3NO3/c15-14(16,17)21-11-4-2-1-3-9(11)12(18)10(7-19)13(20)8-5-6-8/h1-4,8,12,19-20H,5-7,18H2/b13-10-. The zero-order valence-corrected chi connectivity index (χ0v) is 11.1. The van der Waals surface area contributed by atoms with Gasteiger partial charge in [-0.1, -0.05) is 18.2 Å². The number of halogens is 3. The Morgan fingerprint density at radius 3 is 2.48 bits per heavy atom. The molecule has 2 rings (SSSR count). The van der Waals surface area contributed by atoms with Crippen molar-refractivity contribution in [3.63, 3.8) is 0 Å². The molecule has 1 unspecified atom stereocenters. The van der Waals surface area contributed by atoms with Crippen molar-refractivity contribution in [2.45, 2.75) is 25.2 Å². The maximum atomic E-state index is 12.4. The number of benzene rings is 1. The number of hydrogen-bond donors (Lipinski definition) is 3. The molecule has 0 aliphatic heterocycles. The van der Waals surface area contributed by atoms with E-state index in [2.05, 4.69) is 4.74 Å². The molecule has 1 aliphatic carbocycles. The van der Waals surface area contributed by atoms with E-state index in [0.29, 0.717) is 0 Å². The van der Waals surface area contributed by atoms with Crippen molar-refractivity contribution in [1.82, 2.24) is 0 Å². The van der Waals surface area contributed by atoms with Gasteiger partial charge in [0.25, 0.3) is 0 Å². The van der Waals surface area contributed by atoms with Crippen molar-refractivity contribution in [2.24, 2.45) is 11.7 Å². The van der Waals surface area contributed by atoms with Crippen LogP contribution >= 0.6 is 0 Å². The summed E-state index contributed by atoms with van der Waals surface area (Å²) in [6.45, 7) is -0.524. The number of allylic oxidation sites excluding steroid dienone is 1. The third-order valence-corrected chi connectivity index (χ3v) is 3.32. The van der Waals surface area contributed by atoms with Gasteiger partial charge in [-0.3, -0.25) is 0 Å². The van der Waals surface area contributed by atoms with Gasteiger partial charge >= 0.3 is 6.36 Å². The smallest absolute Gasteiger partial charge is 0.512 e. The van der Waals surface area contributed by atoms with Gasteiger partial charge in [-0.15, -0.1) is 13.2 Å². The number of para-hydroxylation sites is 1. The van der Waals surface area contributed by atoms with Crippen LogP contribution in [-0.4, -0.2) is 23.2 Å². The first-order chi connectivity index (χ1) is 9.83. The van der Waals surface area contributed by atoms with Crippen molar-refractivity contribution < 1.29 is 28.1 Å². The van der Waals surface area contributed by atoms with Crippen LogP contribution in [0.3, 0.4) is 0 Å². The SMILES string of the molecule is NC(/C(CO)=C(\O)C1CC1)c1ccccc1OC(F)(F)F. The first kappa shape index (κ1) is 15.7. The summed E-state index contributed by atoms with van der Waals surface area (Å²) >= 11 is 0. The van der Waals surface area contributed by atoms with Crippen LogP contribution in [0, 0.1) is 5.92 Å². The molecule has 116 valence electrons. The van der Waals surface area contributed by atoms with Crippen molar-refractivity contribution in [2.75, 3.05) is 6.61 Å². The Bertz CT molecular complexity index is 539. The van der Waals surface area contributed by atoms with Crippen LogP contribution < -0.4 is 10.5 Å². The zero-order chi connectivity index (χ0) is 15.6. The molecule has 1 aromatic rings. The van der Waals surface area contributed by atoms with E-state index in [1.54, 1.807) is 0 Å². The second-order valence-electron chi connectivity index (χ2n) is 4.91. The lowest BCUT2D eigenvalue weighted by Crippen LogP contribution is -2.22. The molecule has 0 saturated heterocycles. The molecule has 4 N–H and O–H groups in total. The fourth-order valence-electron chi connectivity index (χ4n) is 2.10. The molecule has 0 amide bonds. The van der Waals surface area contributed by atoms with E-state index in [-0.39, 0.29) is 22.8 Å². The minimum atomic E-state index is -4.84. The predicted molar refractivity (Wildman–Crippen MR) is 69.5 cm³/mol. The van der Waals surface area contributed by atoms with Gasteiger partial charge in [0, 0.05) is 17.1 Å². The first-order valence-electron chi connectivity index (χ1n) is 6.46. The molecule has 1 atom stereocenters. The molecule has 0 radical (unpaired) electrons. The van der Waals surface area contributed by atoms with Crippen molar-refractivity contribution in [3.8, 4) is 5.75 Å². The average Bonchev–Trinajstić information content (AvgIpc) is 3.22. The summed E-state index contributed by atoms with van der Waals surface area (Å²) in [4.78, 5) is 0. The lowest BCUT2D eigenvalue weighted by molar-refractivity contribution is -0.274. The molecule has 0 spiro atoms. The zero-order valence-electron chi connectivity index (χ0n) is 11.1. The molecule has 0 aromatic heterocycles. The van der Waals surface area contributed by atoms with Crippen LogP contribution in [0.4, 0.5) is 13.2 Å². The molecular formula is C14H16F3NO3. The van der Waals surface area contributed by atoms with Gasteiger partial charge in [-0.2, -0.15) is 0 Å². The molecule has 1 saturated carbocycles. The summed E-state index contributed by atoms with van der Waals surface area (Å²) in [5, 5.41) is 19.3. The third kappa shape index (κ3) is 3.89. The predicted octanol–water partition coefficient (Wildman–Crippen LogP) is 2.80. The Hall–Kier alpha value is -1.73. The first-order valence-corrected chi connectivity index (χ1v) is 6.46. The highest BCUT2D eigenvalue weighted by atomic mass is 19.4. The highest BCUT2D eigenvalue weighted by molar-refractivity contribution is 5.41. The van der Waals surface area contributed by atoms with E-state index in [0.717, 1.165) is 18.9 Å². The number of rotatable bonds is 5.